The Morgan fingerprint density at radius 1 is 1.32 bits per heavy atom. The number of nitrogens with zero attached hydrogens (tertiary/aromatic N) is 3. The minimum atomic E-state index is -1.09. The van der Waals surface area contributed by atoms with Crippen molar-refractivity contribution in [1.82, 2.24) is 15.0 Å². The van der Waals surface area contributed by atoms with E-state index >= 15 is 0 Å². The molecule has 0 aliphatic rings. The van der Waals surface area contributed by atoms with Crippen molar-refractivity contribution in [2.45, 2.75) is 0 Å². The number of methoxy groups -OCH3 is 1. The lowest BCUT2D eigenvalue weighted by molar-refractivity contribution is -0.117. The molecule has 0 bridgehead atoms. The van der Waals surface area contributed by atoms with Crippen molar-refractivity contribution < 1.29 is 13.9 Å². The summed E-state index contributed by atoms with van der Waals surface area (Å²) in [5, 5.41) is 5.79. The maximum absolute atomic E-state index is 12.2. The van der Waals surface area contributed by atoms with Gasteiger partial charge in [-0.05, 0) is 18.2 Å². The first-order valence-electron chi connectivity index (χ1n) is 7.24. The number of ether oxygens (including phenoxy) is 1. The predicted molar refractivity (Wildman–Crippen MR) is 94.0 cm³/mol. The van der Waals surface area contributed by atoms with Crippen LogP contribution in [0.2, 0.25) is 0 Å². The number of benzene rings is 1. The molecule has 2 N–H and O–H groups in total. The van der Waals surface area contributed by atoms with Gasteiger partial charge in [0.15, 0.2) is 11.8 Å². The zero-order valence-electron chi connectivity index (χ0n) is 13.2. The van der Waals surface area contributed by atoms with Crippen molar-refractivity contribution >= 4 is 34.0 Å². The molecule has 9 heteroatoms. The van der Waals surface area contributed by atoms with Crippen LogP contribution in [0.5, 0.6) is 5.75 Å². The summed E-state index contributed by atoms with van der Waals surface area (Å²) < 4.78 is 17.4. The van der Waals surface area contributed by atoms with Crippen molar-refractivity contribution in [2.24, 2.45) is 0 Å². The highest BCUT2D eigenvalue weighted by atomic mass is 32.1. The molecule has 0 fully saturated rings. The molecule has 7 nitrogen and oxygen atoms in total. The normalized spacial score (nSPS) is 10.3. The van der Waals surface area contributed by atoms with E-state index in [1.807, 2.05) is 24.3 Å². The SMILES string of the molecule is COc1cccc(Nc2nccc(-c3cnc(NC(=O)CF)s3)n2)c1. The number of rotatable bonds is 6. The first-order valence-corrected chi connectivity index (χ1v) is 8.05. The third-order valence-electron chi connectivity index (χ3n) is 3.11. The van der Waals surface area contributed by atoms with Gasteiger partial charge >= 0.3 is 0 Å². The van der Waals surface area contributed by atoms with E-state index in [0.717, 1.165) is 16.3 Å². The summed E-state index contributed by atoms with van der Waals surface area (Å²) in [6.07, 6.45) is 3.18. The number of alkyl halides is 1. The Kier molecular flexibility index (Phi) is 5.14. The van der Waals surface area contributed by atoms with Gasteiger partial charge in [0.25, 0.3) is 5.91 Å². The van der Waals surface area contributed by atoms with Crippen LogP contribution in [-0.4, -0.2) is 34.6 Å². The van der Waals surface area contributed by atoms with E-state index in [2.05, 4.69) is 25.6 Å². The standard InChI is InChI=1S/C16H14FN5O2S/c1-24-11-4-2-3-10(7-11)20-15-18-6-5-12(21-15)13-9-19-16(25-13)22-14(23)8-17/h2-7,9H,8H2,1H3,(H,18,20,21)(H,19,22,23). The van der Waals surface area contributed by atoms with Crippen LogP contribution in [0.3, 0.4) is 0 Å². The predicted octanol–water partition coefficient (Wildman–Crippen LogP) is 3.26. The van der Waals surface area contributed by atoms with Crippen LogP contribution in [0.1, 0.15) is 0 Å². The average molecular weight is 359 g/mol. The number of nitrogens with one attached hydrogen (secondary N) is 2. The van der Waals surface area contributed by atoms with E-state index in [1.54, 1.807) is 25.6 Å². The van der Waals surface area contributed by atoms with E-state index in [0.29, 0.717) is 16.8 Å². The molecule has 0 unspecified atom stereocenters. The molecule has 0 saturated heterocycles. The lowest BCUT2D eigenvalue weighted by Crippen LogP contribution is -2.12. The second-order valence-corrected chi connectivity index (χ2v) is 5.86. The van der Waals surface area contributed by atoms with Gasteiger partial charge in [-0.1, -0.05) is 17.4 Å². The number of hydrogen-bond donors (Lipinski definition) is 2. The third-order valence-corrected chi connectivity index (χ3v) is 4.04. The third kappa shape index (κ3) is 4.27. The highest BCUT2D eigenvalue weighted by Crippen LogP contribution is 2.28. The molecule has 0 radical (unpaired) electrons. The summed E-state index contributed by atoms with van der Waals surface area (Å²) in [5.41, 5.74) is 1.43. The Morgan fingerprint density at radius 2 is 2.20 bits per heavy atom. The molecule has 0 aliphatic carbocycles. The van der Waals surface area contributed by atoms with E-state index < -0.39 is 12.6 Å². The number of amides is 1. The molecule has 2 aromatic heterocycles. The Hall–Kier alpha value is -3.07. The van der Waals surface area contributed by atoms with Gasteiger partial charge in [-0.25, -0.2) is 19.3 Å². The fourth-order valence-electron chi connectivity index (χ4n) is 1.99. The molecule has 0 aliphatic heterocycles. The highest BCUT2D eigenvalue weighted by Gasteiger charge is 2.10. The van der Waals surface area contributed by atoms with E-state index in [-0.39, 0.29) is 0 Å². The first-order chi connectivity index (χ1) is 12.2. The van der Waals surface area contributed by atoms with Gasteiger partial charge in [-0.2, -0.15) is 0 Å². The van der Waals surface area contributed by atoms with E-state index in [1.165, 1.54) is 11.3 Å². The smallest absolute Gasteiger partial charge is 0.257 e. The fraction of sp³-hybridized carbons (Fsp3) is 0.125. The van der Waals surface area contributed by atoms with Crippen LogP contribution >= 0.6 is 11.3 Å². The topological polar surface area (TPSA) is 89.0 Å². The van der Waals surface area contributed by atoms with Gasteiger partial charge in [-0.15, -0.1) is 0 Å². The summed E-state index contributed by atoms with van der Waals surface area (Å²) >= 11 is 1.20. The van der Waals surface area contributed by atoms with Gasteiger partial charge in [0, 0.05) is 24.1 Å². The zero-order chi connectivity index (χ0) is 17.6. The van der Waals surface area contributed by atoms with Gasteiger partial charge < -0.3 is 10.1 Å². The van der Waals surface area contributed by atoms with Gasteiger partial charge in [0.2, 0.25) is 5.95 Å². The van der Waals surface area contributed by atoms with Crippen molar-refractivity contribution in [1.29, 1.82) is 0 Å². The molecule has 3 aromatic rings. The molecule has 2 heterocycles. The molecule has 0 saturated carbocycles. The maximum atomic E-state index is 12.2. The van der Waals surface area contributed by atoms with Crippen LogP contribution in [0.25, 0.3) is 10.6 Å². The number of carbonyl (C=O) groups excluding carboxylic acids is 1. The number of halogens is 1. The molecule has 128 valence electrons. The lowest BCUT2D eigenvalue weighted by atomic mass is 10.3. The Morgan fingerprint density at radius 3 is 3.00 bits per heavy atom. The minimum Gasteiger partial charge on any atom is -0.497 e. The van der Waals surface area contributed by atoms with Crippen LogP contribution < -0.4 is 15.4 Å². The fourth-order valence-corrected chi connectivity index (χ4v) is 2.79. The molecular weight excluding hydrogens is 345 g/mol. The number of hydrogen-bond acceptors (Lipinski definition) is 7. The second kappa shape index (κ2) is 7.67. The number of aromatic nitrogens is 3. The molecule has 1 aromatic carbocycles. The van der Waals surface area contributed by atoms with Crippen molar-refractivity contribution in [2.75, 3.05) is 24.4 Å². The molecule has 3 rings (SSSR count). The van der Waals surface area contributed by atoms with Crippen LogP contribution in [0.15, 0.2) is 42.7 Å². The summed E-state index contributed by atoms with van der Waals surface area (Å²) in [4.78, 5) is 24.5. The summed E-state index contributed by atoms with van der Waals surface area (Å²) in [7, 11) is 1.60. The Balaban J connectivity index is 1.78. The van der Waals surface area contributed by atoms with Crippen LogP contribution in [0.4, 0.5) is 21.2 Å². The molecule has 25 heavy (non-hydrogen) atoms. The monoisotopic (exact) mass is 359 g/mol. The minimum absolute atomic E-state index is 0.318. The largest absolute Gasteiger partial charge is 0.497 e. The lowest BCUT2D eigenvalue weighted by Gasteiger charge is -2.07. The Labute approximate surface area is 146 Å². The summed E-state index contributed by atoms with van der Waals surface area (Å²) in [5.74, 6) is 0.398. The van der Waals surface area contributed by atoms with Crippen LogP contribution in [-0.2, 0) is 4.79 Å². The summed E-state index contributed by atoms with van der Waals surface area (Å²) in [6, 6.07) is 9.12. The molecule has 0 spiro atoms. The number of anilines is 3. The highest BCUT2D eigenvalue weighted by molar-refractivity contribution is 7.19. The van der Waals surface area contributed by atoms with E-state index in [9.17, 15) is 9.18 Å². The second-order valence-electron chi connectivity index (χ2n) is 4.83. The Bertz CT molecular complexity index is 886. The molecular formula is C16H14FN5O2S. The van der Waals surface area contributed by atoms with E-state index in [4.69, 9.17) is 4.74 Å². The number of thiazole rings is 1. The van der Waals surface area contributed by atoms with Crippen molar-refractivity contribution in [3.8, 4) is 16.3 Å². The quantitative estimate of drug-likeness (QED) is 0.702. The summed E-state index contributed by atoms with van der Waals surface area (Å²) in [6.45, 7) is -1.09. The van der Waals surface area contributed by atoms with Crippen molar-refractivity contribution in [3.63, 3.8) is 0 Å². The number of carbonyl (C=O) groups is 1. The zero-order valence-corrected chi connectivity index (χ0v) is 14.0. The molecule has 0 atom stereocenters. The van der Waals surface area contributed by atoms with Gasteiger partial charge in [0.1, 0.15) is 5.75 Å². The van der Waals surface area contributed by atoms with Gasteiger partial charge in [0.05, 0.1) is 17.7 Å². The van der Waals surface area contributed by atoms with Crippen molar-refractivity contribution in [3.05, 3.63) is 42.7 Å². The first kappa shape index (κ1) is 16.8. The maximum Gasteiger partial charge on any atom is 0.257 e. The average Bonchev–Trinajstić information content (AvgIpc) is 3.10. The van der Waals surface area contributed by atoms with Gasteiger partial charge in [-0.3, -0.25) is 10.1 Å². The van der Waals surface area contributed by atoms with Crippen LogP contribution in [0, 0.1) is 0 Å². The molecule has 1 amide bonds.